The summed E-state index contributed by atoms with van der Waals surface area (Å²) in [5.74, 6) is -1.15. The zero-order chi connectivity index (χ0) is 6.57. The molecule has 0 radical (unpaired) electrons. The molecule has 0 aliphatic rings. The van der Waals surface area contributed by atoms with Crippen LogP contribution in [-0.2, 0) is 9.59 Å². The topological polar surface area (TPSA) is 54.4 Å². The van der Waals surface area contributed by atoms with Gasteiger partial charge in [-0.2, -0.15) is 0 Å². The van der Waals surface area contributed by atoms with E-state index in [-0.39, 0.29) is 6.42 Å². The van der Waals surface area contributed by atoms with Crippen LogP contribution in [0.15, 0.2) is 0 Å². The predicted molar refractivity (Wildman–Crippen MR) is 28.0 cm³/mol. The summed E-state index contributed by atoms with van der Waals surface area (Å²) in [6, 6.07) is 0. The monoisotopic (exact) mass is 136 g/mol. The molecule has 1 atom stereocenters. The lowest BCUT2D eigenvalue weighted by atomic mass is 10.3. The Morgan fingerprint density at radius 3 is 2.50 bits per heavy atom. The molecule has 0 aliphatic heterocycles. The Balaban J connectivity index is 3.46. The fraction of sp³-hybridized carbons (Fsp3) is 0.500. The first-order valence-electron chi connectivity index (χ1n) is 1.99. The molecule has 0 saturated heterocycles. The maximum absolute atomic E-state index is 9.80. The van der Waals surface area contributed by atoms with Crippen LogP contribution < -0.4 is 0 Å². The third-order valence-corrected chi connectivity index (χ3v) is 0.936. The maximum Gasteiger partial charge on any atom is 0.322 e. The molecule has 3 nitrogen and oxygen atoms in total. The highest BCUT2D eigenvalue weighted by Gasteiger charge is 2.10. The van der Waals surface area contributed by atoms with E-state index in [1.165, 1.54) is 0 Å². The minimum atomic E-state index is -1.15. The molecule has 0 amide bonds. The van der Waals surface area contributed by atoms with Gasteiger partial charge in [0.05, 0.1) is 0 Å². The molecule has 0 aliphatic carbocycles. The summed E-state index contributed by atoms with van der Waals surface area (Å²) >= 11 is 5.09. The van der Waals surface area contributed by atoms with Gasteiger partial charge in [-0.3, -0.25) is 4.79 Å². The van der Waals surface area contributed by atoms with E-state index in [9.17, 15) is 9.59 Å². The Morgan fingerprint density at radius 2 is 2.38 bits per heavy atom. The standard InChI is InChI=1S/C4H5ClO3/c5-3(1-2-6)4(7)8/h2-3H,1H2,(H,7,8). The van der Waals surface area contributed by atoms with Crippen molar-refractivity contribution in [3.05, 3.63) is 0 Å². The van der Waals surface area contributed by atoms with Crippen molar-refractivity contribution >= 4 is 23.9 Å². The van der Waals surface area contributed by atoms with Gasteiger partial charge in [-0.1, -0.05) is 0 Å². The molecule has 1 N–H and O–H groups in total. The summed E-state index contributed by atoms with van der Waals surface area (Å²) in [5.41, 5.74) is 0. The number of carboxylic acids is 1. The SMILES string of the molecule is O=CCC(Cl)C(=O)O. The molecule has 0 bridgehead atoms. The average Bonchev–Trinajstić information content (AvgIpc) is 1.67. The largest absolute Gasteiger partial charge is 0.480 e. The first kappa shape index (κ1) is 7.43. The van der Waals surface area contributed by atoms with Crippen molar-refractivity contribution < 1.29 is 14.7 Å². The van der Waals surface area contributed by atoms with E-state index >= 15 is 0 Å². The van der Waals surface area contributed by atoms with Crippen LogP contribution in [0.25, 0.3) is 0 Å². The molecule has 0 spiro atoms. The van der Waals surface area contributed by atoms with Gasteiger partial charge in [0.25, 0.3) is 0 Å². The fourth-order valence-corrected chi connectivity index (χ4v) is 0.258. The molecule has 1 unspecified atom stereocenters. The first-order valence-corrected chi connectivity index (χ1v) is 2.42. The van der Waals surface area contributed by atoms with Crippen LogP contribution in [0.1, 0.15) is 6.42 Å². The summed E-state index contributed by atoms with van der Waals surface area (Å²) in [7, 11) is 0. The molecule has 0 aromatic carbocycles. The van der Waals surface area contributed by atoms with E-state index in [4.69, 9.17) is 16.7 Å². The van der Waals surface area contributed by atoms with Crippen LogP contribution in [0.5, 0.6) is 0 Å². The van der Waals surface area contributed by atoms with Crippen molar-refractivity contribution in [2.24, 2.45) is 0 Å². The van der Waals surface area contributed by atoms with E-state index in [2.05, 4.69) is 0 Å². The van der Waals surface area contributed by atoms with Crippen LogP contribution >= 0.6 is 11.6 Å². The molecular formula is C4H5ClO3. The molecule has 8 heavy (non-hydrogen) atoms. The number of carboxylic acid groups (broad SMARTS) is 1. The Bertz CT molecular complexity index is 101. The second kappa shape index (κ2) is 3.43. The number of aliphatic carboxylic acids is 1. The predicted octanol–water partition coefficient (Wildman–Crippen LogP) is 0.267. The molecule has 0 aromatic rings. The number of rotatable bonds is 3. The van der Waals surface area contributed by atoms with Crippen molar-refractivity contribution in [3.8, 4) is 0 Å². The van der Waals surface area contributed by atoms with Crippen molar-refractivity contribution in [2.45, 2.75) is 11.8 Å². The second-order valence-electron chi connectivity index (χ2n) is 1.21. The van der Waals surface area contributed by atoms with Crippen molar-refractivity contribution in [3.63, 3.8) is 0 Å². The van der Waals surface area contributed by atoms with Crippen LogP contribution in [0.4, 0.5) is 0 Å². The Morgan fingerprint density at radius 1 is 1.88 bits per heavy atom. The highest BCUT2D eigenvalue weighted by Crippen LogP contribution is 1.97. The van der Waals surface area contributed by atoms with Gasteiger partial charge in [0.15, 0.2) is 0 Å². The molecule has 0 saturated carbocycles. The third-order valence-electron chi connectivity index (χ3n) is 0.571. The number of hydrogen-bond acceptors (Lipinski definition) is 2. The highest BCUT2D eigenvalue weighted by atomic mass is 35.5. The fourth-order valence-electron chi connectivity index (χ4n) is 0.185. The molecule has 0 aromatic heterocycles. The summed E-state index contributed by atoms with van der Waals surface area (Å²) in [4.78, 5) is 19.4. The number of carbonyl (C=O) groups excluding carboxylic acids is 1. The molecule has 4 heteroatoms. The molecule has 0 rings (SSSR count). The molecular weight excluding hydrogens is 131 g/mol. The molecule has 0 heterocycles. The lowest BCUT2D eigenvalue weighted by Crippen LogP contribution is -2.12. The number of halogens is 1. The number of hydrogen-bond donors (Lipinski definition) is 1. The van der Waals surface area contributed by atoms with Gasteiger partial charge in [0, 0.05) is 6.42 Å². The van der Waals surface area contributed by atoms with E-state index in [0.717, 1.165) is 0 Å². The van der Waals surface area contributed by atoms with Crippen LogP contribution in [0, 0.1) is 0 Å². The maximum atomic E-state index is 9.80. The number of carbonyl (C=O) groups is 2. The molecule has 46 valence electrons. The number of alkyl halides is 1. The average molecular weight is 137 g/mol. The minimum absolute atomic E-state index is 0.128. The van der Waals surface area contributed by atoms with Crippen molar-refractivity contribution in [1.82, 2.24) is 0 Å². The normalized spacial score (nSPS) is 12.6. The summed E-state index contributed by atoms with van der Waals surface area (Å²) in [6.07, 6.45) is 0.350. The summed E-state index contributed by atoms with van der Waals surface area (Å²) in [6.45, 7) is 0. The summed E-state index contributed by atoms with van der Waals surface area (Å²) < 4.78 is 0. The highest BCUT2D eigenvalue weighted by molar-refractivity contribution is 6.30. The zero-order valence-corrected chi connectivity index (χ0v) is 4.76. The summed E-state index contributed by atoms with van der Waals surface area (Å²) in [5, 5.41) is 6.96. The van der Waals surface area contributed by atoms with Gasteiger partial charge in [-0.15, -0.1) is 11.6 Å². The van der Waals surface area contributed by atoms with Crippen molar-refractivity contribution in [2.75, 3.05) is 0 Å². The lowest BCUT2D eigenvalue weighted by molar-refractivity contribution is -0.137. The third kappa shape index (κ3) is 2.58. The quantitative estimate of drug-likeness (QED) is 0.448. The van der Waals surface area contributed by atoms with Crippen LogP contribution in [0.3, 0.4) is 0 Å². The molecule has 0 fully saturated rings. The first-order chi connectivity index (χ1) is 3.68. The van der Waals surface area contributed by atoms with Crippen LogP contribution in [-0.4, -0.2) is 22.7 Å². The Kier molecular flexibility index (Phi) is 3.19. The van der Waals surface area contributed by atoms with Gasteiger partial charge >= 0.3 is 5.97 Å². The van der Waals surface area contributed by atoms with Gasteiger partial charge in [-0.25, -0.2) is 0 Å². The van der Waals surface area contributed by atoms with Gasteiger partial charge < -0.3 is 9.90 Å². The minimum Gasteiger partial charge on any atom is -0.480 e. The Labute approximate surface area is 51.3 Å². The van der Waals surface area contributed by atoms with Crippen LogP contribution in [0.2, 0.25) is 0 Å². The van der Waals surface area contributed by atoms with E-state index in [1.807, 2.05) is 0 Å². The zero-order valence-electron chi connectivity index (χ0n) is 4.00. The van der Waals surface area contributed by atoms with Gasteiger partial charge in [0.2, 0.25) is 0 Å². The lowest BCUT2D eigenvalue weighted by Gasteiger charge is -1.93. The number of aldehydes is 1. The van der Waals surface area contributed by atoms with Gasteiger partial charge in [-0.05, 0) is 0 Å². The second-order valence-corrected chi connectivity index (χ2v) is 1.73. The van der Waals surface area contributed by atoms with E-state index in [0.29, 0.717) is 6.29 Å². The van der Waals surface area contributed by atoms with E-state index < -0.39 is 11.3 Å². The van der Waals surface area contributed by atoms with E-state index in [1.54, 1.807) is 0 Å². The van der Waals surface area contributed by atoms with Gasteiger partial charge in [0.1, 0.15) is 11.7 Å². The smallest absolute Gasteiger partial charge is 0.322 e. The Hall–Kier alpha value is -0.570. The van der Waals surface area contributed by atoms with Crippen molar-refractivity contribution in [1.29, 1.82) is 0 Å².